The average Bonchev–Trinajstić information content (AvgIpc) is 3.41. The van der Waals surface area contributed by atoms with E-state index < -0.39 is 15.9 Å². The van der Waals surface area contributed by atoms with E-state index in [1.165, 1.54) is 16.4 Å². The van der Waals surface area contributed by atoms with E-state index in [1.807, 2.05) is 17.5 Å². The Morgan fingerprint density at radius 2 is 1.82 bits per heavy atom. The second kappa shape index (κ2) is 9.95. The molecule has 0 radical (unpaired) electrons. The van der Waals surface area contributed by atoms with Crippen molar-refractivity contribution >= 4 is 38.9 Å². The summed E-state index contributed by atoms with van der Waals surface area (Å²) >= 11 is 1.60. The van der Waals surface area contributed by atoms with Crippen LogP contribution < -0.4 is 10.2 Å². The van der Waals surface area contributed by atoms with Crippen molar-refractivity contribution in [3.63, 3.8) is 0 Å². The van der Waals surface area contributed by atoms with E-state index in [1.54, 1.807) is 42.2 Å². The maximum Gasteiger partial charge on any atom is 0.243 e. The van der Waals surface area contributed by atoms with E-state index >= 15 is 0 Å². The molecular weight excluding hydrogens is 458 g/mol. The van der Waals surface area contributed by atoms with Crippen LogP contribution in [0.25, 0.3) is 0 Å². The zero-order valence-electron chi connectivity index (χ0n) is 19.9. The van der Waals surface area contributed by atoms with Crippen LogP contribution in [0.15, 0.2) is 46.7 Å². The van der Waals surface area contributed by atoms with E-state index in [4.69, 9.17) is 0 Å². The third-order valence-electron chi connectivity index (χ3n) is 5.97. The lowest BCUT2D eigenvalue weighted by molar-refractivity contribution is -0.127. The summed E-state index contributed by atoms with van der Waals surface area (Å²) in [6.45, 7) is 10.9. The van der Waals surface area contributed by atoms with Crippen LogP contribution in [-0.4, -0.2) is 44.2 Å². The molecular formula is C24H33N3O4S2. The number of nitrogens with zero attached hydrogens (tertiary/aromatic N) is 2. The van der Waals surface area contributed by atoms with Crippen molar-refractivity contribution in [2.45, 2.75) is 52.0 Å². The van der Waals surface area contributed by atoms with Gasteiger partial charge in [-0.2, -0.15) is 4.31 Å². The number of amides is 2. The minimum atomic E-state index is -3.56. The summed E-state index contributed by atoms with van der Waals surface area (Å²) in [5.41, 5.74) is 0.425. The molecule has 3 rings (SSSR count). The maximum atomic E-state index is 13.1. The van der Waals surface area contributed by atoms with Gasteiger partial charge in [-0.25, -0.2) is 8.42 Å². The number of nitrogens with one attached hydrogen (secondary N) is 1. The van der Waals surface area contributed by atoms with Crippen molar-refractivity contribution in [3.8, 4) is 0 Å². The summed E-state index contributed by atoms with van der Waals surface area (Å²) in [7, 11) is -3.56. The van der Waals surface area contributed by atoms with E-state index in [2.05, 4.69) is 26.1 Å². The van der Waals surface area contributed by atoms with Gasteiger partial charge in [0.2, 0.25) is 21.8 Å². The summed E-state index contributed by atoms with van der Waals surface area (Å²) in [6, 6.07) is 10.2. The van der Waals surface area contributed by atoms with E-state index in [0.717, 1.165) is 4.88 Å². The summed E-state index contributed by atoms with van der Waals surface area (Å²) in [5, 5.41) is 5.15. The Balaban J connectivity index is 1.73. The summed E-state index contributed by atoms with van der Waals surface area (Å²) in [4.78, 5) is 28.6. The zero-order valence-corrected chi connectivity index (χ0v) is 21.5. The maximum absolute atomic E-state index is 13.1. The van der Waals surface area contributed by atoms with Gasteiger partial charge in [0.05, 0.1) is 16.9 Å². The number of anilines is 1. The third kappa shape index (κ3) is 5.47. The number of hydrogen-bond donors (Lipinski definition) is 1. The normalized spacial score (nSPS) is 18.1. The highest BCUT2D eigenvalue weighted by Gasteiger charge is 2.38. The molecule has 1 saturated heterocycles. The predicted octanol–water partition coefficient (Wildman–Crippen LogP) is 4.04. The molecule has 1 fully saturated rings. The number of carbonyl (C=O) groups is 2. The Labute approximate surface area is 200 Å². The van der Waals surface area contributed by atoms with E-state index in [9.17, 15) is 18.0 Å². The highest BCUT2D eigenvalue weighted by molar-refractivity contribution is 7.89. The van der Waals surface area contributed by atoms with Gasteiger partial charge in [0.25, 0.3) is 0 Å². The quantitative estimate of drug-likeness (QED) is 0.604. The van der Waals surface area contributed by atoms with E-state index in [-0.39, 0.29) is 41.1 Å². The van der Waals surface area contributed by atoms with E-state index in [0.29, 0.717) is 18.8 Å². The smallest absolute Gasteiger partial charge is 0.243 e. The van der Waals surface area contributed by atoms with Crippen molar-refractivity contribution < 1.29 is 18.0 Å². The van der Waals surface area contributed by atoms with Gasteiger partial charge in [-0.1, -0.05) is 40.7 Å². The molecule has 9 heteroatoms. The van der Waals surface area contributed by atoms with Crippen LogP contribution >= 0.6 is 11.3 Å². The molecule has 1 aliphatic heterocycles. The fourth-order valence-electron chi connectivity index (χ4n) is 4.07. The first-order valence-electron chi connectivity index (χ1n) is 11.2. The Morgan fingerprint density at radius 3 is 2.33 bits per heavy atom. The Kier molecular flexibility index (Phi) is 7.65. The number of sulfonamides is 1. The van der Waals surface area contributed by atoms with Crippen LogP contribution in [0.4, 0.5) is 5.69 Å². The Morgan fingerprint density at radius 1 is 1.18 bits per heavy atom. The number of hydrogen-bond acceptors (Lipinski definition) is 5. The second-order valence-electron chi connectivity index (χ2n) is 9.31. The van der Waals surface area contributed by atoms with Gasteiger partial charge in [0.1, 0.15) is 0 Å². The van der Waals surface area contributed by atoms with Crippen LogP contribution in [0.5, 0.6) is 0 Å². The lowest BCUT2D eigenvalue weighted by Gasteiger charge is -2.31. The van der Waals surface area contributed by atoms with Crippen molar-refractivity contribution in [1.82, 2.24) is 9.62 Å². The largest absolute Gasteiger partial charge is 0.348 e. The summed E-state index contributed by atoms with van der Waals surface area (Å²) < 4.78 is 26.8. The highest BCUT2D eigenvalue weighted by Crippen LogP contribution is 2.36. The molecule has 180 valence electrons. The molecule has 1 aromatic heterocycles. The van der Waals surface area contributed by atoms with Gasteiger partial charge in [-0.05, 0) is 41.1 Å². The minimum absolute atomic E-state index is 0.132. The molecule has 2 amide bonds. The molecule has 2 aromatic rings. The molecule has 2 atom stereocenters. The lowest BCUT2D eigenvalue weighted by atomic mass is 9.85. The molecule has 1 aromatic carbocycles. The SMILES string of the molecule is CCN(CC)S(=O)(=O)c1ccc(N2CC(C(=O)NC(c3cccs3)C(C)(C)C)CC2=O)cc1. The lowest BCUT2D eigenvalue weighted by Crippen LogP contribution is -2.40. The Bertz CT molecular complexity index is 1070. The molecule has 0 saturated carbocycles. The standard InChI is InChI=1S/C24H33N3O4S2/c1-6-26(7-2)33(30,31)19-12-10-18(11-13-19)27-16-17(15-21(27)28)23(29)25-22(24(3,4)5)20-9-8-14-32-20/h8-14,17,22H,6-7,15-16H2,1-5H3,(H,25,29). The average molecular weight is 492 g/mol. The first kappa shape index (κ1) is 25.4. The van der Waals surface area contributed by atoms with Crippen molar-refractivity contribution in [2.75, 3.05) is 24.5 Å². The van der Waals surface area contributed by atoms with Crippen molar-refractivity contribution in [3.05, 3.63) is 46.7 Å². The van der Waals surface area contributed by atoms with Crippen molar-refractivity contribution in [2.24, 2.45) is 11.3 Å². The molecule has 1 N–H and O–H groups in total. The molecule has 1 aliphatic rings. The molecule has 0 bridgehead atoms. The number of benzene rings is 1. The van der Waals surface area contributed by atoms with Gasteiger partial charge in [0, 0.05) is 36.6 Å². The topological polar surface area (TPSA) is 86.8 Å². The monoisotopic (exact) mass is 491 g/mol. The van der Waals surface area contributed by atoms with Crippen LogP contribution in [-0.2, 0) is 19.6 Å². The van der Waals surface area contributed by atoms with Crippen LogP contribution in [0.1, 0.15) is 52.0 Å². The molecule has 7 nitrogen and oxygen atoms in total. The molecule has 2 unspecified atom stereocenters. The highest BCUT2D eigenvalue weighted by atomic mass is 32.2. The first-order valence-corrected chi connectivity index (χ1v) is 13.5. The van der Waals surface area contributed by atoms with Gasteiger partial charge < -0.3 is 10.2 Å². The third-order valence-corrected chi connectivity index (χ3v) is 8.97. The van der Waals surface area contributed by atoms with Crippen LogP contribution in [0.2, 0.25) is 0 Å². The molecule has 2 heterocycles. The number of rotatable bonds is 8. The number of thiophene rings is 1. The van der Waals surface area contributed by atoms with Gasteiger partial charge in [-0.3, -0.25) is 9.59 Å². The zero-order chi connectivity index (χ0) is 24.4. The van der Waals surface area contributed by atoms with Crippen LogP contribution in [0, 0.1) is 11.3 Å². The molecule has 0 spiro atoms. The van der Waals surface area contributed by atoms with Crippen molar-refractivity contribution in [1.29, 1.82) is 0 Å². The fourth-order valence-corrected chi connectivity index (χ4v) is 6.55. The minimum Gasteiger partial charge on any atom is -0.348 e. The molecule has 33 heavy (non-hydrogen) atoms. The number of carbonyl (C=O) groups excluding carboxylic acids is 2. The van der Waals surface area contributed by atoms with Gasteiger partial charge >= 0.3 is 0 Å². The first-order chi connectivity index (χ1) is 15.5. The molecule has 0 aliphatic carbocycles. The van der Waals surface area contributed by atoms with Gasteiger partial charge in [-0.15, -0.1) is 11.3 Å². The fraction of sp³-hybridized carbons (Fsp3) is 0.500. The Hall–Kier alpha value is -2.23. The summed E-state index contributed by atoms with van der Waals surface area (Å²) in [6.07, 6.45) is 0.132. The second-order valence-corrected chi connectivity index (χ2v) is 12.2. The predicted molar refractivity (Wildman–Crippen MR) is 132 cm³/mol. The van der Waals surface area contributed by atoms with Crippen LogP contribution in [0.3, 0.4) is 0 Å². The van der Waals surface area contributed by atoms with Gasteiger partial charge in [0.15, 0.2) is 0 Å². The summed E-state index contributed by atoms with van der Waals surface area (Å²) in [5.74, 6) is -0.737.